The zero-order valence-electron chi connectivity index (χ0n) is 12.0. The Kier molecular flexibility index (Phi) is 2.79. The van der Waals surface area contributed by atoms with Crippen molar-refractivity contribution in [3.63, 3.8) is 0 Å². The van der Waals surface area contributed by atoms with E-state index in [1.165, 1.54) is 6.42 Å². The molecule has 0 aromatic carbocycles. The van der Waals surface area contributed by atoms with Gasteiger partial charge < -0.3 is 19.5 Å². The monoisotopic (exact) mass is 278 g/mol. The van der Waals surface area contributed by atoms with Crippen LogP contribution in [-0.4, -0.2) is 48.5 Å². The molecule has 1 aliphatic carbocycles. The molecule has 2 aliphatic heterocycles. The summed E-state index contributed by atoms with van der Waals surface area (Å²) in [6.07, 6.45) is 4.45. The molecule has 1 aromatic heterocycles. The molecule has 6 nitrogen and oxygen atoms in total. The molecule has 110 valence electrons. The van der Waals surface area contributed by atoms with E-state index in [4.69, 9.17) is 14.2 Å². The van der Waals surface area contributed by atoms with Crippen LogP contribution in [0.15, 0.2) is 4.52 Å². The predicted octanol–water partition coefficient (Wildman–Crippen LogP) is 1.08. The number of aromatic nitrogens is 2. The minimum Gasteiger partial charge on any atom is -0.374 e. The molecule has 0 radical (unpaired) electrons. The first-order chi connectivity index (χ1) is 9.69. The fourth-order valence-electron chi connectivity index (χ4n) is 3.92. The van der Waals surface area contributed by atoms with E-state index in [1.54, 1.807) is 0 Å². The van der Waals surface area contributed by atoms with Gasteiger partial charge in [-0.2, -0.15) is 4.98 Å². The Morgan fingerprint density at radius 1 is 1.25 bits per heavy atom. The third kappa shape index (κ3) is 1.93. The Hall–Kier alpha value is -1.14. The van der Waals surface area contributed by atoms with Crippen LogP contribution in [0, 0.1) is 0 Å². The molecule has 1 saturated carbocycles. The van der Waals surface area contributed by atoms with Gasteiger partial charge in [0, 0.05) is 26.2 Å². The van der Waals surface area contributed by atoms with Crippen LogP contribution in [0.1, 0.15) is 38.5 Å². The van der Waals surface area contributed by atoms with Crippen molar-refractivity contribution < 1.29 is 9.26 Å². The number of hydrogen-bond donors (Lipinski definition) is 1. The zero-order valence-corrected chi connectivity index (χ0v) is 12.0. The van der Waals surface area contributed by atoms with Crippen molar-refractivity contribution >= 4 is 5.95 Å². The van der Waals surface area contributed by atoms with Crippen molar-refractivity contribution in [2.75, 3.05) is 37.7 Å². The molecule has 3 heterocycles. The minimum atomic E-state index is -0.0354. The van der Waals surface area contributed by atoms with Gasteiger partial charge in [0.2, 0.25) is 5.89 Å². The molecule has 2 saturated heterocycles. The third-order valence-corrected chi connectivity index (χ3v) is 5.04. The van der Waals surface area contributed by atoms with Crippen LogP contribution in [0.2, 0.25) is 0 Å². The highest BCUT2D eigenvalue weighted by Gasteiger charge is 2.53. The van der Waals surface area contributed by atoms with Crippen molar-refractivity contribution in [1.82, 2.24) is 15.5 Å². The van der Waals surface area contributed by atoms with Gasteiger partial charge in [0.05, 0.1) is 17.6 Å². The second-order valence-electron chi connectivity index (χ2n) is 6.69. The van der Waals surface area contributed by atoms with Crippen LogP contribution in [0.25, 0.3) is 0 Å². The molecule has 0 amide bonds. The average Bonchev–Trinajstić information content (AvgIpc) is 3.04. The second kappa shape index (κ2) is 4.43. The van der Waals surface area contributed by atoms with Crippen molar-refractivity contribution in [3.05, 3.63) is 5.89 Å². The minimum absolute atomic E-state index is 0.0158. The highest BCUT2D eigenvalue weighted by Crippen LogP contribution is 2.50. The number of nitrogens with one attached hydrogen (secondary N) is 1. The van der Waals surface area contributed by atoms with Gasteiger partial charge in [-0.05, 0) is 37.8 Å². The lowest BCUT2D eigenvalue weighted by Crippen LogP contribution is -2.44. The maximum absolute atomic E-state index is 6.03. The fraction of sp³-hybridized carbons (Fsp3) is 0.857. The van der Waals surface area contributed by atoms with Crippen LogP contribution >= 0.6 is 0 Å². The molecular formula is C14H22N4O2. The molecule has 3 aliphatic rings. The number of anilines is 1. The number of nitrogens with zero attached hydrogens (tertiary/aromatic N) is 3. The first-order valence-corrected chi connectivity index (χ1v) is 7.63. The summed E-state index contributed by atoms with van der Waals surface area (Å²) in [4.78, 5) is 6.89. The van der Waals surface area contributed by atoms with Gasteiger partial charge in [0.15, 0.2) is 0 Å². The fourth-order valence-corrected chi connectivity index (χ4v) is 3.92. The molecule has 2 unspecified atom stereocenters. The van der Waals surface area contributed by atoms with E-state index in [0.29, 0.717) is 0 Å². The second-order valence-corrected chi connectivity index (χ2v) is 6.69. The Morgan fingerprint density at radius 2 is 2.10 bits per heavy atom. The van der Waals surface area contributed by atoms with E-state index in [1.807, 2.05) is 0 Å². The van der Waals surface area contributed by atoms with Crippen molar-refractivity contribution in [1.29, 1.82) is 0 Å². The van der Waals surface area contributed by atoms with E-state index in [2.05, 4.69) is 22.3 Å². The molecule has 2 bridgehead atoms. The number of ether oxygens (including phenoxy) is 1. The molecule has 4 rings (SSSR count). The summed E-state index contributed by atoms with van der Waals surface area (Å²) < 4.78 is 11.6. The Bertz CT molecular complexity index is 499. The molecule has 1 aromatic rings. The molecule has 20 heavy (non-hydrogen) atoms. The molecule has 3 fully saturated rings. The lowest BCUT2D eigenvalue weighted by Gasteiger charge is -2.32. The average molecular weight is 278 g/mol. The number of piperazine rings is 1. The lowest BCUT2D eigenvalue weighted by molar-refractivity contribution is 0.0148. The summed E-state index contributed by atoms with van der Waals surface area (Å²) in [5.41, 5.74) is -0.0196. The van der Waals surface area contributed by atoms with E-state index < -0.39 is 0 Å². The standard InChI is InChI=1S/C14H22N4O2/c1-13-3-2-4-14(9-13,10-19-13)11-16-12(17-20-11)18-7-5-15-6-8-18/h15H,2-10H2,1H3. The number of fused-ring (bicyclic) bond motifs is 2. The quantitative estimate of drug-likeness (QED) is 0.873. The zero-order chi connectivity index (χ0) is 13.6. The molecular weight excluding hydrogens is 256 g/mol. The SMILES string of the molecule is CC12CCCC(c3nc(N4CCNCC4)no3)(CO1)C2. The summed E-state index contributed by atoms with van der Waals surface area (Å²) >= 11 is 0. The van der Waals surface area contributed by atoms with Gasteiger partial charge >= 0.3 is 0 Å². The Morgan fingerprint density at radius 3 is 2.95 bits per heavy atom. The van der Waals surface area contributed by atoms with Gasteiger partial charge in [0.1, 0.15) is 0 Å². The molecule has 2 atom stereocenters. The maximum atomic E-state index is 6.03. The van der Waals surface area contributed by atoms with Gasteiger partial charge in [-0.15, -0.1) is 0 Å². The van der Waals surface area contributed by atoms with Gasteiger partial charge in [-0.25, -0.2) is 0 Å². The third-order valence-electron chi connectivity index (χ3n) is 5.04. The number of rotatable bonds is 2. The van der Waals surface area contributed by atoms with E-state index in [-0.39, 0.29) is 11.0 Å². The van der Waals surface area contributed by atoms with Crippen molar-refractivity contribution in [2.45, 2.75) is 43.6 Å². The topological polar surface area (TPSA) is 63.4 Å². The molecule has 1 N–H and O–H groups in total. The van der Waals surface area contributed by atoms with Crippen LogP contribution in [0.5, 0.6) is 0 Å². The maximum Gasteiger partial charge on any atom is 0.266 e. The smallest absolute Gasteiger partial charge is 0.266 e. The first-order valence-electron chi connectivity index (χ1n) is 7.63. The Labute approximate surface area is 118 Å². The number of hydrogen-bond acceptors (Lipinski definition) is 6. The van der Waals surface area contributed by atoms with Crippen LogP contribution in [0.3, 0.4) is 0 Å². The van der Waals surface area contributed by atoms with Crippen molar-refractivity contribution in [2.24, 2.45) is 0 Å². The first kappa shape index (κ1) is 12.6. The van der Waals surface area contributed by atoms with E-state index >= 15 is 0 Å². The van der Waals surface area contributed by atoms with E-state index in [0.717, 1.165) is 63.9 Å². The molecule has 6 heteroatoms. The van der Waals surface area contributed by atoms with Crippen LogP contribution in [-0.2, 0) is 10.2 Å². The summed E-state index contributed by atoms with van der Waals surface area (Å²) in [7, 11) is 0. The summed E-state index contributed by atoms with van der Waals surface area (Å²) in [6, 6.07) is 0. The normalized spacial score (nSPS) is 37.4. The largest absolute Gasteiger partial charge is 0.374 e. The highest BCUT2D eigenvalue weighted by atomic mass is 16.5. The van der Waals surface area contributed by atoms with Crippen molar-refractivity contribution in [3.8, 4) is 0 Å². The van der Waals surface area contributed by atoms with Gasteiger partial charge in [0.25, 0.3) is 5.95 Å². The predicted molar refractivity (Wildman–Crippen MR) is 73.9 cm³/mol. The summed E-state index contributed by atoms with van der Waals surface area (Å²) in [6.45, 7) is 6.79. The van der Waals surface area contributed by atoms with Crippen LogP contribution < -0.4 is 10.2 Å². The highest BCUT2D eigenvalue weighted by molar-refractivity contribution is 5.30. The van der Waals surface area contributed by atoms with Gasteiger partial charge in [-0.1, -0.05) is 0 Å². The van der Waals surface area contributed by atoms with Crippen LogP contribution in [0.4, 0.5) is 5.95 Å². The summed E-state index contributed by atoms with van der Waals surface area (Å²) in [5, 5.41) is 7.54. The summed E-state index contributed by atoms with van der Waals surface area (Å²) in [5.74, 6) is 1.53. The Balaban J connectivity index is 1.58. The lowest BCUT2D eigenvalue weighted by atomic mass is 9.71. The van der Waals surface area contributed by atoms with Gasteiger partial charge in [-0.3, -0.25) is 0 Å². The van der Waals surface area contributed by atoms with E-state index in [9.17, 15) is 0 Å². The molecule has 0 spiro atoms.